The van der Waals surface area contributed by atoms with Crippen LogP contribution in [-0.2, 0) is 20.9 Å². The zero-order valence-corrected chi connectivity index (χ0v) is 14.2. The smallest absolute Gasteiger partial charge is 0.344 e. The van der Waals surface area contributed by atoms with Gasteiger partial charge in [0.15, 0.2) is 18.1 Å². The molecule has 6 heteroatoms. The highest BCUT2D eigenvalue weighted by Gasteiger charge is 2.14. The summed E-state index contributed by atoms with van der Waals surface area (Å²) in [5.41, 5.74) is 1.23. The van der Waals surface area contributed by atoms with Gasteiger partial charge in [-0.15, -0.1) is 0 Å². The zero-order chi connectivity index (χ0) is 18.1. The van der Waals surface area contributed by atoms with Crippen molar-refractivity contribution in [1.29, 1.82) is 0 Å². The highest BCUT2D eigenvalue weighted by molar-refractivity contribution is 5.90. The summed E-state index contributed by atoms with van der Waals surface area (Å²) in [4.78, 5) is 23.5. The van der Waals surface area contributed by atoms with Crippen molar-refractivity contribution in [1.82, 2.24) is 0 Å². The van der Waals surface area contributed by atoms with Crippen molar-refractivity contribution in [2.75, 3.05) is 20.3 Å². The summed E-state index contributed by atoms with van der Waals surface area (Å²) in [7, 11) is 1.45. The highest BCUT2D eigenvalue weighted by atomic mass is 16.6. The second-order valence-corrected chi connectivity index (χ2v) is 5.02. The Balaban J connectivity index is 1.99. The van der Waals surface area contributed by atoms with E-state index >= 15 is 0 Å². The molecule has 0 unspecified atom stereocenters. The van der Waals surface area contributed by atoms with E-state index in [0.29, 0.717) is 17.1 Å². The second kappa shape index (κ2) is 9.32. The quantitative estimate of drug-likeness (QED) is 0.686. The monoisotopic (exact) mass is 344 g/mol. The third kappa shape index (κ3) is 5.53. The molecule has 0 saturated carbocycles. The number of methoxy groups -OCH3 is 1. The predicted octanol–water partition coefficient (Wildman–Crippen LogP) is 2.99. The minimum atomic E-state index is -0.476. The minimum Gasteiger partial charge on any atom is -0.493 e. The molecule has 6 nitrogen and oxygen atoms in total. The van der Waals surface area contributed by atoms with E-state index in [0.717, 1.165) is 5.56 Å². The first-order chi connectivity index (χ1) is 12.1. The first kappa shape index (κ1) is 18.3. The van der Waals surface area contributed by atoms with E-state index in [9.17, 15) is 9.59 Å². The molecule has 2 aromatic rings. The van der Waals surface area contributed by atoms with Gasteiger partial charge >= 0.3 is 11.9 Å². The molecule has 0 spiro atoms. The Morgan fingerprint density at radius 3 is 2.40 bits per heavy atom. The maximum absolute atomic E-state index is 12.2. The number of benzene rings is 2. The Bertz CT molecular complexity index is 711. The molecule has 0 N–H and O–H groups in total. The van der Waals surface area contributed by atoms with Crippen LogP contribution in [0.5, 0.6) is 11.5 Å². The molecule has 0 atom stereocenters. The summed E-state index contributed by atoms with van der Waals surface area (Å²) < 4.78 is 20.6. The van der Waals surface area contributed by atoms with Crippen molar-refractivity contribution in [3.63, 3.8) is 0 Å². The van der Waals surface area contributed by atoms with Crippen molar-refractivity contribution >= 4 is 11.9 Å². The van der Waals surface area contributed by atoms with E-state index in [1.54, 1.807) is 19.1 Å². The number of carbonyl (C=O) groups is 2. The molecule has 0 saturated heterocycles. The topological polar surface area (TPSA) is 71.1 Å². The molecule has 25 heavy (non-hydrogen) atoms. The van der Waals surface area contributed by atoms with Gasteiger partial charge in [-0.1, -0.05) is 30.3 Å². The third-order valence-electron chi connectivity index (χ3n) is 3.26. The van der Waals surface area contributed by atoms with E-state index < -0.39 is 11.9 Å². The number of hydrogen-bond acceptors (Lipinski definition) is 6. The van der Waals surface area contributed by atoms with Gasteiger partial charge in [0.1, 0.15) is 6.61 Å². The van der Waals surface area contributed by atoms with Gasteiger partial charge < -0.3 is 18.9 Å². The van der Waals surface area contributed by atoms with E-state index in [2.05, 4.69) is 0 Å². The Morgan fingerprint density at radius 1 is 0.960 bits per heavy atom. The average Bonchev–Trinajstić information content (AvgIpc) is 2.65. The Hall–Kier alpha value is -3.02. The number of rotatable bonds is 8. The third-order valence-corrected chi connectivity index (χ3v) is 3.26. The van der Waals surface area contributed by atoms with Gasteiger partial charge in [-0.25, -0.2) is 9.59 Å². The summed E-state index contributed by atoms with van der Waals surface area (Å²) in [5.74, 6) is -0.274. The van der Waals surface area contributed by atoms with Crippen molar-refractivity contribution in [2.24, 2.45) is 0 Å². The molecule has 0 radical (unpaired) electrons. The van der Waals surface area contributed by atoms with Crippen LogP contribution in [0, 0.1) is 0 Å². The van der Waals surface area contributed by atoms with Crippen molar-refractivity contribution in [3.05, 3.63) is 59.7 Å². The van der Waals surface area contributed by atoms with E-state index in [1.165, 1.54) is 13.2 Å². The molecule has 0 fully saturated rings. The van der Waals surface area contributed by atoms with Gasteiger partial charge in [0.2, 0.25) is 0 Å². The number of carbonyl (C=O) groups excluding carboxylic acids is 2. The van der Waals surface area contributed by atoms with Crippen molar-refractivity contribution in [3.8, 4) is 11.5 Å². The van der Waals surface area contributed by atoms with Crippen LogP contribution in [-0.4, -0.2) is 32.3 Å². The molecule has 0 aliphatic carbocycles. The van der Waals surface area contributed by atoms with Gasteiger partial charge in [-0.05, 0) is 30.7 Å². The van der Waals surface area contributed by atoms with Crippen LogP contribution >= 0.6 is 0 Å². The fourth-order valence-electron chi connectivity index (χ4n) is 2.06. The Morgan fingerprint density at radius 2 is 1.72 bits per heavy atom. The van der Waals surface area contributed by atoms with Gasteiger partial charge in [-0.2, -0.15) is 0 Å². The van der Waals surface area contributed by atoms with Gasteiger partial charge in [0, 0.05) is 0 Å². The van der Waals surface area contributed by atoms with E-state index in [4.69, 9.17) is 18.9 Å². The Kier molecular flexibility index (Phi) is 6.83. The van der Waals surface area contributed by atoms with Crippen LogP contribution in [0.2, 0.25) is 0 Å². The summed E-state index contributed by atoms with van der Waals surface area (Å²) >= 11 is 0. The molecule has 0 amide bonds. The summed E-state index contributed by atoms with van der Waals surface area (Å²) in [5, 5.41) is 0. The van der Waals surface area contributed by atoms with E-state index in [-0.39, 0.29) is 19.8 Å². The number of hydrogen-bond donors (Lipinski definition) is 0. The largest absolute Gasteiger partial charge is 0.493 e. The van der Waals surface area contributed by atoms with Crippen LogP contribution < -0.4 is 9.47 Å². The molecule has 0 bridgehead atoms. The lowest BCUT2D eigenvalue weighted by Gasteiger charge is -2.12. The number of ether oxygens (including phenoxy) is 4. The number of esters is 2. The molecule has 0 aliphatic rings. The molecular weight excluding hydrogens is 324 g/mol. The van der Waals surface area contributed by atoms with Gasteiger partial charge in [0.25, 0.3) is 0 Å². The lowest BCUT2D eigenvalue weighted by molar-refractivity contribution is -0.145. The zero-order valence-electron chi connectivity index (χ0n) is 14.2. The summed E-state index contributed by atoms with van der Waals surface area (Å²) in [6, 6.07) is 14.0. The molecule has 2 aromatic carbocycles. The first-order valence-electron chi connectivity index (χ1n) is 7.81. The molecule has 0 aromatic heterocycles. The fraction of sp³-hybridized carbons (Fsp3) is 0.263. The van der Waals surface area contributed by atoms with Gasteiger partial charge in [-0.3, -0.25) is 0 Å². The SMILES string of the molecule is CCOC(=O)COc1ccc(C(=O)OCc2ccccc2)cc1OC. The maximum atomic E-state index is 12.2. The second-order valence-electron chi connectivity index (χ2n) is 5.02. The Labute approximate surface area is 146 Å². The highest BCUT2D eigenvalue weighted by Crippen LogP contribution is 2.28. The van der Waals surface area contributed by atoms with Crippen LogP contribution in [0.3, 0.4) is 0 Å². The van der Waals surface area contributed by atoms with Crippen LogP contribution in [0.15, 0.2) is 48.5 Å². The van der Waals surface area contributed by atoms with Crippen molar-refractivity contribution in [2.45, 2.75) is 13.5 Å². The van der Waals surface area contributed by atoms with E-state index in [1.807, 2.05) is 30.3 Å². The summed E-state index contributed by atoms with van der Waals surface area (Å²) in [6.07, 6.45) is 0. The molecule has 0 heterocycles. The van der Waals surface area contributed by atoms with Crippen LogP contribution in [0.25, 0.3) is 0 Å². The molecular formula is C19H20O6. The predicted molar refractivity (Wildman–Crippen MR) is 90.7 cm³/mol. The van der Waals surface area contributed by atoms with Gasteiger partial charge in [0.05, 0.1) is 19.3 Å². The van der Waals surface area contributed by atoms with Crippen molar-refractivity contribution < 1.29 is 28.5 Å². The normalized spacial score (nSPS) is 10.0. The fourth-order valence-corrected chi connectivity index (χ4v) is 2.06. The molecule has 132 valence electrons. The lowest BCUT2D eigenvalue weighted by Crippen LogP contribution is -2.15. The minimum absolute atomic E-state index is 0.184. The van der Waals surface area contributed by atoms with Crippen LogP contribution in [0.4, 0.5) is 0 Å². The first-order valence-corrected chi connectivity index (χ1v) is 7.81. The van der Waals surface area contributed by atoms with Crippen LogP contribution in [0.1, 0.15) is 22.8 Å². The molecule has 2 rings (SSSR count). The standard InChI is InChI=1S/C19H20O6/c1-3-23-18(20)13-24-16-10-9-15(11-17(16)22-2)19(21)25-12-14-7-5-4-6-8-14/h4-11H,3,12-13H2,1-2H3. The average molecular weight is 344 g/mol. The molecule has 0 aliphatic heterocycles. The maximum Gasteiger partial charge on any atom is 0.344 e. The summed E-state index contributed by atoms with van der Waals surface area (Å²) in [6.45, 7) is 1.95. The lowest BCUT2D eigenvalue weighted by atomic mass is 10.2.